The number of aliphatic hydroxyl groups excluding tert-OH is 2. The largest absolute Gasteiger partial charge is 0.478 e. The molecule has 1 atom stereocenters. The Morgan fingerprint density at radius 1 is 1.40 bits per heavy atom. The molecule has 0 heterocycles. The van der Waals surface area contributed by atoms with Gasteiger partial charge in [0.15, 0.2) is 0 Å². The van der Waals surface area contributed by atoms with Gasteiger partial charge in [-0.15, -0.1) is 0 Å². The number of carboxylic acid groups (broad SMARTS) is 1. The van der Waals surface area contributed by atoms with E-state index >= 15 is 0 Å². The van der Waals surface area contributed by atoms with Gasteiger partial charge in [-0.1, -0.05) is 39.2 Å². The molecule has 0 aliphatic carbocycles. The Hall–Kier alpha value is -0.870. The van der Waals surface area contributed by atoms with Crippen LogP contribution in [0.2, 0.25) is 0 Å². The molecule has 0 saturated heterocycles. The first-order valence-electron chi connectivity index (χ1n) is 5.22. The maximum Gasteiger partial charge on any atom is 0.327 e. The van der Waals surface area contributed by atoms with E-state index in [0.29, 0.717) is 0 Å². The van der Waals surface area contributed by atoms with Crippen LogP contribution in [0.25, 0.3) is 0 Å². The van der Waals surface area contributed by atoms with E-state index in [9.17, 15) is 4.79 Å². The van der Waals surface area contributed by atoms with Gasteiger partial charge in [0.1, 0.15) is 0 Å². The molecule has 0 aliphatic heterocycles. The molecule has 90 valence electrons. The Labute approximate surface area is 91.2 Å². The highest BCUT2D eigenvalue weighted by Gasteiger charge is 1.99. The summed E-state index contributed by atoms with van der Waals surface area (Å²) >= 11 is 0. The fourth-order valence-electron chi connectivity index (χ4n) is 0.898. The summed E-state index contributed by atoms with van der Waals surface area (Å²) in [4.78, 5) is 9.25. The summed E-state index contributed by atoms with van der Waals surface area (Å²) in [7, 11) is 0. The summed E-state index contributed by atoms with van der Waals surface area (Å²) in [6.45, 7) is 5.02. The SMILES string of the molecule is C=CC(=O)O.CCCCCCC(O)CO. The Kier molecular flexibility index (Phi) is 14.5. The van der Waals surface area contributed by atoms with Crippen molar-refractivity contribution in [2.45, 2.75) is 45.1 Å². The first kappa shape index (κ1) is 16.6. The van der Waals surface area contributed by atoms with Gasteiger partial charge in [0.2, 0.25) is 0 Å². The molecule has 0 rings (SSSR count). The van der Waals surface area contributed by atoms with E-state index in [2.05, 4.69) is 13.5 Å². The Morgan fingerprint density at radius 3 is 2.27 bits per heavy atom. The Morgan fingerprint density at radius 2 is 1.93 bits per heavy atom. The van der Waals surface area contributed by atoms with Crippen molar-refractivity contribution in [1.29, 1.82) is 0 Å². The van der Waals surface area contributed by atoms with E-state index in [4.69, 9.17) is 15.3 Å². The van der Waals surface area contributed by atoms with E-state index in [1.807, 2.05) is 0 Å². The van der Waals surface area contributed by atoms with Crippen molar-refractivity contribution in [2.75, 3.05) is 6.61 Å². The fraction of sp³-hybridized carbons (Fsp3) is 0.727. The predicted octanol–water partition coefficient (Wildman–Crippen LogP) is 1.57. The number of carboxylic acids is 1. The average Bonchev–Trinajstić information content (AvgIpc) is 2.24. The van der Waals surface area contributed by atoms with Crippen LogP contribution in [0, 0.1) is 0 Å². The summed E-state index contributed by atoms with van der Waals surface area (Å²) in [5.41, 5.74) is 0. The molecule has 0 amide bonds. The third kappa shape index (κ3) is 19.5. The first-order chi connectivity index (χ1) is 7.08. The molecule has 0 fully saturated rings. The van der Waals surface area contributed by atoms with E-state index < -0.39 is 12.1 Å². The molecule has 0 spiro atoms. The number of aliphatic carboxylic acids is 1. The molecule has 15 heavy (non-hydrogen) atoms. The zero-order valence-electron chi connectivity index (χ0n) is 9.35. The lowest BCUT2D eigenvalue weighted by atomic mass is 10.1. The van der Waals surface area contributed by atoms with Gasteiger partial charge < -0.3 is 15.3 Å². The van der Waals surface area contributed by atoms with Crippen LogP contribution in [0.4, 0.5) is 0 Å². The zero-order chi connectivity index (χ0) is 12.1. The Balaban J connectivity index is 0. The minimum absolute atomic E-state index is 0.0911. The van der Waals surface area contributed by atoms with Crippen molar-refractivity contribution < 1.29 is 20.1 Å². The molecule has 0 aromatic heterocycles. The van der Waals surface area contributed by atoms with Crippen molar-refractivity contribution >= 4 is 5.97 Å². The van der Waals surface area contributed by atoms with Gasteiger partial charge in [0.05, 0.1) is 12.7 Å². The van der Waals surface area contributed by atoms with Crippen molar-refractivity contribution in [2.24, 2.45) is 0 Å². The second-order valence-corrected chi connectivity index (χ2v) is 3.23. The van der Waals surface area contributed by atoms with Gasteiger partial charge in [0.25, 0.3) is 0 Å². The maximum absolute atomic E-state index is 9.25. The van der Waals surface area contributed by atoms with E-state index in [1.165, 1.54) is 19.3 Å². The number of rotatable bonds is 7. The maximum atomic E-state index is 9.25. The molecule has 0 aromatic carbocycles. The van der Waals surface area contributed by atoms with Gasteiger partial charge in [-0.05, 0) is 6.42 Å². The molecular formula is C11H22O4. The Bertz CT molecular complexity index is 157. The highest BCUT2D eigenvalue weighted by molar-refractivity contribution is 5.78. The number of unbranched alkanes of at least 4 members (excludes halogenated alkanes) is 3. The summed E-state index contributed by atoms with van der Waals surface area (Å²) in [6, 6.07) is 0. The highest BCUT2D eigenvalue weighted by Crippen LogP contribution is 2.04. The van der Waals surface area contributed by atoms with Crippen LogP contribution in [0.3, 0.4) is 0 Å². The lowest BCUT2D eigenvalue weighted by Crippen LogP contribution is -2.10. The summed E-state index contributed by atoms with van der Waals surface area (Å²) in [6.07, 6.45) is 5.75. The third-order valence-corrected chi connectivity index (χ3v) is 1.78. The smallest absolute Gasteiger partial charge is 0.327 e. The summed E-state index contributed by atoms with van der Waals surface area (Å²) < 4.78 is 0. The molecule has 3 N–H and O–H groups in total. The van der Waals surface area contributed by atoms with Crippen molar-refractivity contribution in [3.63, 3.8) is 0 Å². The van der Waals surface area contributed by atoms with Gasteiger partial charge in [-0.2, -0.15) is 0 Å². The van der Waals surface area contributed by atoms with E-state index in [-0.39, 0.29) is 6.61 Å². The van der Waals surface area contributed by atoms with Crippen LogP contribution in [-0.4, -0.2) is 34.0 Å². The van der Waals surface area contributed by atoms with Crippen LogP contribution < -0.4 is 0 Å². The van der Waals surface area contributed by atoms with Gasteiger partial charge in [-0.3, -0.25) is 0 Å². The molecule has 0 aliphatic rings. The van der Waals surface area contributed by atoms with Crippen LogP contribution in [-0.2, 0) is 4.79 Å². The summed E-state index contributed by atoms with van der Waals surface area (Å²) in [5.74, 6) is -0.981. The number of aliphatic hydroxyl groups is 2. The molecule has 4 heteroatoms. The molecule has 0 aromatic rings. The highest BCUT2D eigenvalue weighted by atomic mass is 16.4. The van der Waals surface area contributed by atoms with Crippen molar-refractivity contribution in [3.05, 3.63) is 12.7 Å². The minimum Gasteiger partial charge on any atom is -0.478 e. The van der Waals surface area contributed by atoms with Crippen LogP contribution >= 0.6 is 0 Å². The van der Waals surface area contributed by atoms with Gasteiger partial charge in [0, 0.05) is 6.08 Å². The minimum atomic E-state index is -0.981. The second kappa shape index (κ2) is 13.1. The second-order valence-electron chi connectivity index (χ2n) is 3.23. The molecular weight excluding hydrogens is 196 g/mol. The van der Waals surface area contributed by atoms with E-state index in [0.717, 1.165) is 18.9 Å². The fourth-order valence-corrected chi connectivity index (χ4v) is 0.898. The van der Waals surface area contributed by atoms with Crippen LogP contribution in [0.5, 0.6) is 0 Å². The number of carbonyl (C=O) groups is 1. The third-order valence-electron chi connectivity index (χ3n) is 1.78. The van der Waals surface area contributed by atoms with Crippen molar-refractivity contribution in [3.8, 4) is 0 Å². The average molecular weight is 218 g/mol. The standard InChI is InChI=1S/C8H18O2.C3H4O2/c1-2-3-4-5-6-8(10)7-9;1-2-3(4)5/h8-10H,2-7H2,1H3;2H,1H2,(H,4,5). The monoisotopic (exact) mass is 218 g/mol. The van der Waals surface area contributed by atoms with Crippen molar-refractivity contribution in [1.82, 2.24) is 0 Å². The van der Waals surface area contributed by atoms with Gasteiger partial charge >= 0.3 is 5.97 Å². The lowest BCUT2D eigenvalue weighted by molar-refractivity contribution is -0.131. The normalized spacial score (nSPS) is 11.1. The van der Waals surface area contributed by atoms with Gasteiger partial charge in [-0.25, -0.2) is 4.79 Å². The first-order valence-corrected chi connectivity index (χ1v) is 5.22. The van der Waals surface area contributed by atoms with E-state index in [1.54, 1.807) is 0 Å². The summed E-state index contributed by atoms with van der Waals surface area (Å²) in [5, 5.41) is 25.0. The lowest BCUT2D eigenvalue weighted by Gasteiger charge is -2.04. The predicted molar refractivity (Wildman–Crippen MR) is 59.7 cm³/mol. The molecule has 0 bridgehead atoms. The molecule has 4 nitrogen and oxygen atoms in total. The number of hydrogen-bond donors (Lipinski definition) is 3. The zero-order valence-corrected chi connectivity index (χ0v) is 9.35. The van der Waals surface area contributed by atoms with Crippen LogP contribution in [0.15, 0.2) is 12.7 Å². The molecule has 1 unspecified atom stereocenters. The van der Waals surface area contributed by atoms with Crippen LogP contribution in [0.1, 0.15) is 39.0 Å². The quantitative estimate of drug-likeness (QED) is 0.447. The topological polar surface area (TPSA) is 77.8 Å². The molecule has 0 saturated carbocycles. The molecule has 0 radical (unpaired) electrons. The number of hydrogen-bond acceptors (Lipinski definition) is 3.